The molecule has 0 saturated carbocycles. The van der Waals surface area contributed by atoms with Crippen LogP contribution in [0.4, 0.5) is 8.78 Å². The van der Waals surface area contributed by atoms with Gasteiger partial charge in [-0.25, -0.2) is 0 Å². The van der Waals surface area contributed by atoms with Gasteiger partial charge in [-0.2, -0.15) is 13.8 Å². The van der Waals surface area contributed by atoms with Crippen molar-refractivity contribution in [3.63, 3.8) is 0 Å². The third kappa shape index (κ3) is 2.87. The molecule has 0 aromatic carbocycles. The van der Waals surface area contributed by atoms with E-state index in [9.17, 15) is 17.5 Å². The average Bonchev–Trinajstić information content (AvgIpc) is 1.85. The molecule has 0 N–H and O–H groups in total. The second-order valence-electron chi connectivity index (χ2n) is 1.66. The summed E-state index contributed by atoms with van der Waals surface area (Å²) in [7, 11) is 0. The quantitative estimate of drug-likeness (QED) is 0.289. The van der Waals surface area contributed by atoms with Crippen LogP contribution in [0.3, 0.4) is 0 Å². The Kier molecular flexibility index (Phi) is 5.03. The molecule has 12 heavy (non-hydrogen) atoms. The van der Waals surface area contributed by atoms with E-state index in [1.807, 2.05) is 0 Å². The Morgan fingerprint density at radius 3 is 2.42 bits per heavy atom. The Bertz CT molecular complexity index is 309. The maximum absolute atomic E-state index is 12.4. The number of hydrogen-bond donors (Lipinski definition) is 0. The van der Waals surface area contributed by atoms with Gasteiger partial charge in [-0.05, 0) is 23.2 Å². The average molecular weight is 201 g/mol. The van der Waals surface area contributed by atoms with E-state index in [1.165, 1.54) is 0 Å². The molecule has 0 spiro atoms. The predicted octanol–water partition coefficient (Wildman–Crippen LogP) is -2.40. The van der Waals surface area contributed by atoms with Gasteiger partial charge in [-0.3, -0.25) is 4.21 Å². The van der Waals surface area contributed by atoms with Crippen LogP contribution < -0.4 is 29.6 Å². The van der Waals surface area contributed by atoms with Crippen molar-refractivity contribution < 1.29 is 47.1 Å². The summed E-state index contributed by atoms with van der Waals surface area (Å²) < 4.78 is 44.7. The van der Waals surface area contributed by atoms with Gasteiger partial charge in [-0.1, -0.05) is 0 Å². The first-order valence-corrected chi connectivity index (χ1v) is 3.60. The van der Waals surface area contributed by atoms with Crippen LogP contribution in [0.15, 0.2) is 17.0 Å². The van der Waals surface area contributed by atoms with Crippen molar-refractivity contribution in [2.75, 3.05) is 0 Å². The van der Waals surface area contributed by atoms with Crippen LogP contribution >= 0.6 is 0 Å². The molecule has 0 fully saturated rings. The molecule has 0 radical (unpaired) electrons. The fraction of sp³-hybridized carbons (Fsp3) is 0. The molecule has 1 atom stereocenters. The van der Waals surface area contributed by atoms with Crippen molar-refractivity contribution in [2.45, 2.75) is 4.90 Å². The minimum atomic E-state index is -2.70. The molecule has 0 amide bonds. The van der Waals surface area contributed by atoms with Crippen LogP contribution in [0.25, 0.3) is 0 Å². The standard InChI is InChI=1S/C5H3F2NO2S.Na/c6-4-2-1-3(11(9)10)5(7)8-4;/h1-2H,(H,9,10);/q;+1/p-1. The normalized spacial score (nSPS) is 11.9. The Labute approximate surface area is 91.8 Å². The third-order valence-corrected chi connectivity index (χ3v) is 1.62. The number of rotatable bonds is 1. The maximum Gasteiger partial charge on any atom is 1.00 e. The predicted molar refractivity (Wildman–Crippen MR) is 31.3 cm³/mol. The Morgan fingerprint density at radius 1 is 1.42 bits per heavy atom. The van der Waals surface area contributed by atoms with Crippen LogP contribution in [0.1, 0.15) is 0 Å². The smallest absolute Gasteiger partial charge is 0.768 e. The molecule has 1 aromatic rings. The molecule has 0 aliphatic carbocycles. The van der Waals surface area contributed by atoms with Crippen molar-refractivity contribution in [1.82, 2.24) is 4.98 Å². The molecule has 1 heterocycles. The molecule has 0 saturated heterocycles. The minimum Gasteiger partial charge on any atom is -0.768 e. The number of pyridine rings is 1. The van der Waals surface area contributed by atoms with Crippen LogP contribution in [-0.2, 0) is 11.1 Å². The topological polar surface area (TPSA) is 53.0 Å². The van der Waals surface area contributed by atoms with Crippen LogP contribution in [-0.4, -0.2) is 13.7 Å². The first kappa shape index (κ1) is 12.1. The monoisotopic (exact) mass is 201 g/mol. The summed E-state index contributed by atoms with van der Waals surface area (Å²) in [6.45, 7) is 0. The van der Waals surface area contributed by atoms with Crippen molar-refractivity contribution in [3.05, 3.63) is 24.0 Å². The Hall–Kier alpha value is 0.120. The summed E-state index contributed by atoms with van der Waals surface area (Å²) >= 11 is -2.70. The van der Waals surface area contributed by atoms with Crippen LogP contribution in [0, 0.1) is 11.9 Å². The Morgan fingerprint density at radius 2 is 2.00 bits per heavy atom. The number of hydrogen-bond acceptors (Lipinski definition) is 3. The second kappa shape index (κ2) is 4.98. The molecule has 7 heteroatoms. The minimum absolute atomic E-state index is 0. The summed E-state index contributed by atoms with van der Waals surface area (Å²) in [5.41, 5.74) is 0. The van der Waals surface area contributed by atoms with Gasteiger partial charge in [-0.15, -0.1) is 0 Å². The molecule has 0 aliphatic rings. The van der Waals surface area contributed by atoms with Crippen molar-refractivity contribution in [2.24, 2.45) is 0 Å². The van der Waals surface area contributed by atoms with E-state index < -0.39 is 27.9 Å². The van der Waals surface area contributed by atoms with E-state index in [0.29, 0.717) is 0 Å². The molecule has 60 valence electrons. The molecular weight excluding hydrogens is 199 g/mol. The zero-order valence-electron chi connectivity index (χ0n) is 6.08. The fourth-order valence-corrected chi connectivity index (χ4v) is 0.886. The van der Waals surface area contributed by atoms with E-state index in [-0.39, 0.29) is 29.6 Å². The summed E-state index contributed by atoms with van der Waals surface area (Å²) in [6.07, 6.45) is 0. The third-order valence-electron chi connectivity index (χ3n) is 0.960. The largest absolute Gasteiger partial charge is 1.00 e. The van der Waals surface area contributed by atoms with Crippen molar-refractivity contribution in [3.8, 4) is 0 Å². The summed E-state index contributed by atoms with van der Waals surface area (Å²) in [5.74, 6) is -2.37. The van der Waals surface area contributed by atoms with Gasteiger partial charge in [0.1, 0.15) is 0 Å². The summed E-state index contributed by atoms with van der Waals surface area (Å²) in [6, 6.07) is 1.58. The van der Waals surface area contributed by atoms with Gasteiger partial charge in [0.25, 0.3) is 0 Å². The van der Waals surface area contributed by atoms with E-state index in [1.54, 1.807) is 0 Å². The summed E-state index contributed by atoms with van der Waals surface area (Å²) in [5, 5.41) is 0. The zero-order valence-corrected chi connectivity index (χ0v) is 8.90. The first-order valence-electron chi connectivity index (χ1n) is 2.52. The van der Waals surface area contributed by atoms with Crippen LogP contribution in [0.5, 0.6) is 0 Å². The first-order chi connectivity index (χ1) is 5.11. The van der Waals surface area contributed by atoms with Gasteiger partial charge in [0.15, 0.2) is 0 Å². The molecule has 1 unspecified atom stereocenters. The van der Waals surface area contributed by atoms with Crippen molar-refractivity contribution >= 4 is 11.1 Å². The van der Waals surface area contributed by atoms with E-state index in [4.69, 9.17) is 0 Å². The molecule has 0 bridgehead atoms. The fourth-order valence-electron chi connectivity index (χ4n) is 0.524. The van der Waals surface area contributed by atoms with E-state index >= 15 is 0 Å². The van der Waals surface area contributed by atoms with Gasteiger partial charge >= 0.3 is 29.6 Å². The molecule has 1 aromatic heterocycles. The molecule has 1 rings (SSSR count). The van der Waals surface area contributed by atoms with E-state index in [0.717, 1.165) is 12.1 Å². The SMILES string of the molecule is O=S([O-])c1ccc(F)nc1F.[Na+]. The van der Waals surface area contributed by atoms with Gasteiger partial charge < -0.3 is 4.55 Å². The number of nitrogens with zero attached hydrogens (tertiary/aromatic N) is 1. The van der Waals surface area contributed by atoms with Gasteiger partial charge in [0, 0.05) is 0 Å². The summed E-state index contributed by atoms with van der Waals surface area (Å²) in [4.78, 5) is 2.04. The number of halogens is 2. The Balaban J connectivity index is 0.00000121. The van der Waals surface area contributed by atoms with Crippen LogP contribution in [0.2, 0.25) is 0 Å². The zero-order chi connectivity index (χ0) is 8.43. The molecular formula is C5H2F2NNaO2S. The number of aromatic nitrogens is 1. The molecule has 3 nitrogen and oxygen atoms in total. The molecule has 0 aliphatic heterocycles. The van der Waals surface area contributed by atoms with Gasteiger partial charge in [0.2, 0.25) is 11.9 Å². The maximum atomic E-state index is 12.4. The second-order valence-corrected chi connectivity index (χ2v) is 2.57. The van der Waals surface area contributed by atoms with Gasteiger partial charge in [0.05, 0.1) is 4.90 Å². The van der Waals surface area contributed by atoms with E-state index in [2.05, 4.69) is 4.98 Å². The van der Waals surface area contributed by atoms with Crippen molar-refractivity contribution in [1.29, 1.82) is 0 Å².